The van der Waals surface area contributed by atoms with Crippen LogP contribution >= 0.6 is 11.8 Å². The molecule has 102 valence electrons. The third-order valence-electron chi connectivity index (χ3n) is 2.79. The Morgan fingerprint density at radius 3 is 2.63 bits per heavy atom. The van der Waals surface area contributed by atoms with Crippen molar-refractivity contribution in [1.82, 2.24) is 9.55 Å². The summed E-state index contributed by atoms with van der Waals surface area (Å²) in [7, 11) is 0. The van der Waals surface area contributed by atoms with Crippen LogP contribution in [0, 0.1) is 5.92 Å². The molecule has 0 aliphatic carbocycles. The van der Waals surface area contributed by atoms with Crippen LogP contribution in [-0.2, 0) is 13.2 Å². The third-order valence-corrected chi connectivity index (χ3v) is 4.21. The first-order valence-corrected chi connectivity index (χ1v) is 7.51. The molecule has 0 saturated heterocycles. The van der Waals surface area contributed by atoms with Gasteiger partial charge in [0, 0.05) is 12.3 Å². The summed E-state index contributed by atoms with van der Waals surface area (Å²) in [6.45, 7) is 5.19. The van der Waals surface area contributed by atoms with Gasteiger partial charge in [0.15, 0.2) is 5.16 Å². The van der Waals surface area contributed by atoms with E-state index in [4.69, 9.17) is 0 Å². The summed E-state index contributed by atoms with van der Waals surface area (Å²) in [5.41, 5.74) is 2.09. The van der Waals surface area contributed by atoms with Crippen LogP contribution in [0.3, 0.4) is 0 Å². The predicted octanol–water partition coefficient (Wildman–Crippen LogP) is 3.17. The van der Waals surface area contributed by atoms with Crippen LogP contribution in [0.25, 0.3) is 0 Å². The highest BCUT2D eigenvalue weighted by Gasteiger charge is 2.11. The lowest BCUT2D eigenvalue weighted by Crippen LogP contribution is -2.06. The molecule has 0 aliphatic rings. The fraction of sp³-hybridized carbons (Fsp3) is 0.400. The lowest BCUT2D eigenvalue weighted by Gasteiger charge is -2.11. The molecule has 1 heterocycles. The van der Waals surface area contributed by atoms with Crippen LogP contribution in [-0.4, -0.2) is 20.4 Å². The van der Waals surface area contributed by atoms with E-state index in [1.807, 2.05) is 18.2 Å². The Morgan fingerprint density at radius 1 is 1.26 bits per heavy atom. The lowest BCUT2D eigenvalue weighted by atomic mass is 10.2. The first kappa shape index (κ1) is 14.2. The number of aliphatic hydroxyl groups excluding tert-OH is 1. The molecule has 4 heteroatoms. The second kappa shape index (κ2) is 6.78. The number of aromatic nitrogens is 2. The molecule has 0 saturated carbocycles. The van der Waals surface area contributed by atoms with E-state index in [0.717, 1.165) is 23.1 Å². The summed E-state index contributed by atoms with van der Waals surface area (Å²) in [5, 5.41) is 10.4. The zero-order valence-corrected chi connectivity index (χ0v) is 12.2. The van der Waals surface area contributed by atoms with Gasteiger partial charge in [-0.15, -0.1) is 0 Å². The number of imidazole rings is 1. The molecule has 3 nitrogen and oxygen atoms in total. The van der Waals surface area contributed by atoms with Crippen molar-refractivity contribution in [2.24, 2.45) is 5.92 Å². The molecule has 2 aromatic rings. The Morgan fingerprint density at radius 2 is 2.00 bits per heavy atom. The van der Waals surface area contributed by atoms with Crippen LogP contribution in [0.4, 0.5) is 0 Å². The Balaban J connectivity index is 2.19. The molecule has 2 rings (SSSR count). The van der Waals surface area contributed by atoms with Gasteiger partial charge in [-0.25, -0.2) is 4.98 Å². The highest BCUT2D eigenvalue weighted by atomic mass is 32.2. The van der Waals surface area contributed by atoms with Crippen LogP contribution in [0.15, 0.2) is 41.7 Å². The standard InChI is InChI=1S/C15H20N2OS/c1-12(2)11-19-15-16-8-14(10-18)17(15)9-13-6-4-3-5-7-13/h3-8,12,18H,9-11H2,1-2H3. The van der Waals surface area contributed by atoms with Crippen molar-refractivity contribution in [3.63, 3.8) is 0 Å². The van der Waals surface area contributed by atoms with E-state index in [9.17, 15) is 5.11 Å². The zero-order valence-electron chi connectivity index (χ0n) is 11.4. The van der Waals surface area contributed by atoms with E-state index in [2.05, 4.69) is 35.5 Å². The summed E-state index contributed by atoms with van der Waals surface area (Å²) in [4.78, 5) is 4.42. The van der Waals surface area contributed by atoms with Crippen LogP contribution < -0.4 is 0 Å². The van der Waals surface area contributed by atoms with E-state index in [0.29, 0.717) is 5.92 Å². The first-order chi connectivity index (χ1) is 9.20. The van der Waals surface area contributed by atoms with Gasteiger partial charge >= 0.3 is 0 Å². The maximum atomic E-state index is 9.42. The van der Waals surface area contributed by atoms with Gasteiger partial charge in [-0.1, -0.05) is 55.9 Å². The molecular formula is C15H20N2OS. The van der Waals surface area contributed by atoms with E-state index in [1.54, 1.807) is 18.0 Å². The van der Waals surface area contributed by atoms with Crippen molar-refractivity contribution in [2.45, 2.75) is 32.2 Å². The van der Waals surface area contributed by atoms with E-state index >= 15 is 0 Å². The Kier molecular flexibility index (Phi) is 5.05. The molecule has 0 unspecified atom stereocenters. The highest BCUT2D eigenvalue weighted by molar-refractivity contribution is 7.99. The van der Waals surface area contributed by atoms with Crippen molar-refractivity contribution < 1.29 is 5.11 Å². The molecule has 19 heavy (non-hydrogen) atoms. The summed E-state index contributed by atoms with van der Waals surface area (Å²) >= 11 is 1.75. The van der Waals surface area contributed by atoms with Gasteiger partial charge < -0.3 is 9.67 Å². The molecule has 0 fully saturated rings. The Bertz CT molecular complexity index is 508. The molecule has 0 radical (unpaired) electrons. The average Bonchev–Trinajstić information content (AvgIpc) is 2.80. The second-order valence-corrected chi connectivity index (χ2v) is 5.95. The Hall–Kier alpha value is -1.26. The summed E-state index contributed by atoms with van der Waals surface area (Å²) in [5.74, 6) is 1.67. The quantitative estimate of drug-likeness (QED) is 0.824. The molecular weight excluding hydrogens is 256 g/mol. The minimum Gasteiger partial charge on any atom is -0.390 e. The fourth-order valence-corrected chi connectivity index (χ4v) is 2.76. The summed E-state index contributed by atoms with van der Waals surface area (Å²) < 4.78 is 2.10. The molecule has 1 N–H and O–H groups in total. The number of thioether (sulfide) groups is 1. The van der Waals surface area contributed by atoms with E-state index < -0.39 is 0 Å². The predicted molar refractivity (Wildman–Crippen MR) is 79.3 cm³/mol. The maximum Gasteiger partial charge on any atom is 0.168 e. The number of benzene rings is 1. The van der Waals surface area contributed by atoms with Gasteiger partial charge in [0.25, 0.3) is 0 Å². The number of aliphatic hydroxyl groups is 1. The topological polar surface area (TPSA) is 38.1 Å². The van der Waals surface area contributed by atoms with Crippen molar-refractivity contribution in [2.75, 3.05) is 5.75 Å². The SMILES string of the molecule is CC(C)CSc1ncc(CO)n1Cc1ccccc1. The van der Waals surface area contributed by atoms with Crippen molar-refractivity contribution in [3.8, 4) is 0 Å². The number of rotatable bonds is 6. The zero-order chi connectivity index (χ0) is 13.7. The molecule has 0 amide bonds. The van der Waals surface area contributed by atoms with Crippen LogP contribution in [0.1, 0.15) is 25.1 Å². The second-order valence-electron chi connectivity index (χ2n) is 4.97. The van der Waals surface area contributed by atoms with Crippen molar-refractivity contribution >= 4 is 11.8 Å². The van der Waals surface area contributed by atoms with Gasteiger partial charge in [-0.3, -0.25) is 0 Å². The lowest BCUT2D eigenvalue weighted by molar-refractivity contribution is 0.270. The molecule has 0 spiro atoms. The minimum atomic E-state index is 0.0298. The molecule has 1 aromatic carbocycles. The monoisotopic (exact) mass is 276 g/mol. The number of hydrogen-bond acceptors (Lipinski definition) is 3. The van der Waals surface area contributed by atoms with E-state index in [-0.39, 0.29) is 6.61 Å². The normalized spacial score (nSPS) is 11.2. The van der Waals surface area contributed by atoms with Gasteiger partial charge in [-0.05, 0) is 11.5 Å². The molecule has 0 atom stereocenters. The van der Waals surface area contributed by atoms with E-state index in [1.165, 1.54) is 5.56 Å². The molecule has 0 bridgehead atoms. The van der Waals surface area contributed by atoms with Gasteiger partial charge in [0.1, 0.15) is 0 Å². The summed E-state index contributed by atoms with van der Waals surface area (Å²) in [6, 6.07) is 10.3. The van der Waals surface area contributed by atoms with Crippen molar-refractivity contribution in [3.05, 3.63) is 47.8 Å². The van der Waals surface area contributed by atoms with Gasteiger partial charge in [0.2, 0.25) is 0 Å². The number of nitrogens with zero attached hydrogens (tertiary/aromatic N) is 2. The first-order valence-electron chi connectivity index (χ1n) is 6.52. The highest BCUT2D eigenvalue weighted by Crippen LogP contribution is 2.22. The van der Waals surface area contributed by atoms with Crippen molar-refractivity contribution in [1.29, 1.82) is 0 Å². The van der Waals surface area contributed by atoms with Crippen LogP contribution in [0.2, 0.25) is 0 Å². The van der Waals surface area contributed by atoms with Gasteiger partial charge in [-0.2, -0.15) is 0 Å². The molecule has 0 aliphatic heterocycles. The third kappa shape index (κ3) is 3.85. The average molecular weight is 276 g/mol. The minimum absolute atomic E-state index is 0.0298. The Labute approximate surface area is 118 Å². The maximum absolute atomic E-state index is 9.42. The van der Waals surface area contributed by atoms with Gasteiger partial charge in [0.05, 0.1) is 18.5 Å². The van der Waals surface area contributed by atoms with Crippen LogP contribution in [0.5, 0.6) is 0 Å². The molecule has 1 aromatic heterocycles. The smallest absolute Gasteiger partial charge is 0.168 e. The largest absolute Gasteiger partial charge is 0.390 e. The number of hydrogen-bond donors (Lipinski definition) is 1. The summed E-state index contributed by atoms with van der Waals surface area (Å²) in [6.07, 6.45) is 1.77. The fourth-order valence-electron chi connectivity index (χ4n) is 1.81.